The minimum atomic E-state index is -4.20. The fourth-order valence-corrected chi connectivity index (χ4v) is 4.68. The number of fused-ring (bicyclic) bond motifs is 2. The van der Waals surface area contributed by atoms with Crippen molar-refractivity contribution in [1.29, 1.82) is 0 Å². The molecule has 7 heteroatoms. The molecule has 0 spiro atoms. The lowest BCUT2D eigenvalue weighted by Crippen LogP contribution is -2.52. The summed E-state index contributed by atoms with van der Waals surface area (Å²) in [5.74, 6) is 6.49. The Morgan fingerprint density at radius 2 is 1.93 bits per heavy atom. The van der Waals surface area contributed by atoms with Gasteiger partial charge in [-0.1, -0.05) is 23.6 Å². The van der Waals surface area contributed by atoms with E-state index in [2.05, 4.69) is 21.8 Å². The van der Waals surface area contributed by atoms with Crippen LogP contribution in [0.25, 0.3) is 0 Å². The number of hydrogen-bond donors (Lipinski definition) is 0. The van der Waals surface area contributed by atoms with Crippen LogP contribution in [0.2, 0.25) is 5.02 Å². The van der Waals surface area contributed by atoms with E-state index in [1.165, 1.54) is 0 Å². The first kappa shape index (κ1) is 19.2. The second-order valence-corrected chi connectivity index (χ2v) is 7.96. The second-order valence-electron chi connectivity index (χ2n) is 7.52. The highest BCUT2D eigenvalue weighted by atomic mass is 35.5. The molecule has 2 aromatic rings. The lowest BCUT2D eigenvalue weighted by atomic mass is 9.71. The Labute approximate surface area is 166 Å². The van der Waals surface area contributed by atoms with Gasteiger partial charge in [-0.3, -0.25) is 9.88 Å². The smallest absolute Gasteiger partial charge is 0.289 e. The van der Waals surface area contributed by atoms with Crippen LogP contribution in [-0.4, -0.2) is 39.7 Å². The Hall–Kier alpha value is -2.10. The van der Waals surface area contributed by atoms with E-state index in [1.807, 2.05) is 24.3 Å². The molecule has 2 atom stereocenters. The molecule has 0 aliphatic carbocycles. The maximum Gasteiger partial charge on any atom is 0.401 e. The summed E-state index contributed by atoms with van der Waals surface area (Å²) in [7, 11) is 0. The minimum Gasteiger partial charge on any atom is -0.289 e. The van der Waals surface area contributed by atoms with Gasteiger partial charge in [0.05, 0.1) is 17.0 Å². The van der Waals surface area contributed by atoms with Gasteiger partial charge in [-0.25, -0.2) is 4.98 Å². The fraction of sp³-hybridized carbons (Fsp3) is 0.429. The summed E-state index contributed by atoms with van der Waals surface area (Å²) in [5, 5.41) is 0.501. The number of nitrogens with zero attached hydrogens (tertiary/aromatic N) is 3. The zero-order valence-electron chi connectivity index (χ0n) is 15.1. The molecule has 4 rings (SSSR count). The molecule has 2 unspecified atom stereocenters. The monoisotopic (exact) mass is 405 g/mol. The van der Waals surface area contributed by atoms with Crippen molar-refractivity contribution in [1.82, 2.24) is 14.9 Å². The van der Waals surface area contributed by atoms with Crippen molar-refractivity contribution in [2.45, 2.75) is 49.4 Å². The first-order valence-electron chi connectivity index (χ1n) is 9.22. The molecule has 146 valence electrons. The van der Waals surface area contributed by atoms with E-state index < -0.39 is 18.1 Å². The standard InChI is InChI=1S/C21H19ClF3N3/c22-16-9-15(12-26-13-16)20(7-6-17-3-1-2-8-27-17)10-18-4-5-19(11-20)28(18)14-21(23,24)25/h1-3,8-9,12-13,18-19H,4-5,10-11,14H2. The molecule has 0 aromatic carbocycles. The minimum absolute atomic E-state index is 0.155. The van der Waals surface area contributed by atoms with Gasteiger partial charge in [0.1, 0.15) is 5.69 Å². The average molecular weight is 406 g/mol. The largest absolute Gasteiger partial charge is 0.401 e. The van der Waals surface area contributed by atoms with Crippen LogP contribution in [0.1, 0.15) is 36.9 Å². The van der Waals surface area contributed by atoms with E-state index >= 15 is 0 Å². The molecular formula is C21H19ClF3N3. The zero-order valence-corrected chi connectivity index (χ0v) is 15.8. The first-order chi connectivity index (χ1) is 13.3. The van der Waals surface area contributed by atoms with Gasteiger partial charge in [0.2, 0.25) is 0 Å². The van der Waals surface area contributed by atoms with Crippen molar-refractivity contribution >= 4 is 11.6 Å². The summed E-state index contributed by atoms with van der Waals surface area (Å²) in [4.78, 5) is 10.1. The third-order valence-electron chi connectivity index (χ3n) is 5.65. The first-order valence-corrected chi connectivity index (χ1v) is 9.60. The van der Waals surface area contributed by atoms with Crippen molar-refractivity contribution in [2.24, 2.45) is 0 Å². The third-order valence-corrected chi connectivity index (χ3v) is 5.86. The lowest BCUT2D eigenvalue weighted by Gasteiger charge is -2.44. The van der Waals surface area contributed by atoms with Gasteiger partial charge >= 0.3 is 6.18 Å². The van der Waals surface area contributed by atoms with Gasteiger partial charge < -0.3 is 0 Å². The Balaban J connectivity index is 1.71. The summed E-state index contributed by atoms with van der Waals surface area (Å²) >= 11 is 6.17. The molecule has 2 aliphatic heterocycles. The number of aromatic nitrogens is 2. The van der Waals surface area contributed by atoms with Gasteiger partial charge in [-0.15, -0.1) is 0 Å². The average Bonchev–Trinajstić information content (AvgIpc) is 2.89. The Morgan fingerprint density at radius 1 is 1.18 bits per heavy atom. The number of pyridine rings is 2. The van der Waals surface area contributed by atoms with Crippen LogP contribution in [0.5, 0.6) is 0 Å². The van der Waals surface area contributed by atoms with Crippen LogP contribution in [0.15, 0.2) is 42.9 Å². The Kier molecular flexibility index (Phi) is 5.07. The highest BCUT2D eigenvalue weighted by molar-refractivity contribution is 6.30. The summed E-state index contributed by atoms with van der Waals surface area (Å²) in [6.45, 7) is -0.861. The second kappa shape index (κ2) is 7.38. The molecule has 2 saturated heterocycles. The van der Waals surface area contributed by atoms with Crippen LogP contribution >= 0.6 is 11.6 Å². The van der Waals surface area contributed by atoms with Crippen LogP contribution in [0, 0.1) is 11.8 Å². The summed E-state index contributed by atoms with van der Waals surface area (Å²) in [6.07, 6.45) is 3.33. The summed E-state index contributed by atoms with van der Waals surface area (Å²) < 4.78 is 39.1. The van der Waals surface area contributed by atoms with E-state index in [9.17, 15) is 13.2 Å². The molecule has 0 saturated carbocycles. The van der Waals surface area contributed by atoms with E-state index in [4.69, 9.17) is 11.6 Å². The third kappa shape index (κ3) is 4.01. The van der Waals surface area contributed by atoms with Crippen LogP contribution in [-0.2, 0) is 5.41 Å². The molecule has 2 fully saturated rings. The molecule has 0 amide bonds. The predicted molar refractivity (Wildman–Crippen MR) is 101 cm³/mol. The van der Waals surface area contributed by atoms with E-state index in [0.29, 0.717) is 23.6 Å². The Morgan fingerprint density at radius 3 is 2.54 bits per heavy atom. The topological polar surface area (TPSA) is 29.0 Å². The molecule has 0 N–H and O–H groups in total. The van der Waals surface area contributed by atoms with Gasteiger partial charge in [-0.05, 0) is 55.4 Å². The van der Waals surface area contributed by atoms with Crippen LogP contribution < -0.4 is 0 Å². The van der Waals surface area contributed by atoms with Crippen molar-refractivity contribution in [2.75, 3.05) is 6.54 Å². The van der Waals surface area contributed by atoms with Crippen LogP contribution in [0.4, 0.5) is 13.2 Å². The number of halogens is 4. The summed E-state index contributed by atoms with van der Waals surface area (Å²) in [6, 6.07) is 7.03. The maximum absolute atomic E-state index is 13.0. The molecule has 3 nitrogen and oxygen atoms in total. The van der Waals surface area contributed by atoms with E-state index in [0.717, 1.165) is 18.4 Å². The van der Waals surface area contributed by atoms with Crippen molar-refractivity contribution in [3.63, 3.8) is 0 Å². The number of piperidine rings is 1. The van der Waals surface area contributed by atoms with Gasteiger partial charge in [-0.2, -0.15) is 13.2 Å². The molecule has 2 bridgehead atoms. The predicted octanol–water partition coefficient (Wildman–Crippen LogP) is 4.61. The van der Waals surface area contributed by atoms with Crippen molar-refractivity contribution in [3.8, 4) is 11.8 Å². The highest BCUT2D eigenvalue weighted by Gasteiger charge is 2.51. The number of alkyl halides is 3. The number of hydrogen-bond acceptors (Lipinski definition) is 3. The quantitative estimate of drug-likeness (QED) is 0.683. The number of rotatable bonds is 2. The lowest BCUT2D eigenvalue weighted by molar-refractivity contribution is -0.156. The van der Waals surface area contributed by atoms with Crippen molar-refractivity contribution in [3.05, 3.63) is 59.1 Å². The van der Waals surface area contributed by atoms with Gasteiger partial charge in [0, 0.05) is 30.7 Å². The fourth-order valence-electron chi connectivity index (χ4n) is 4.51. The highest BCUT2D eigenvalue weighted by Crippen LogP contribution is 2.48. The van der Waals surface area contributed by atoms with Crippen LogP contribution in [0.3, 0.4) is 0 Å². The molecule has 28 heavy (non-hydrogen) atoms. The zero-order chi connectivity index (χ0) is 19.8. The van der Waals surface area contributed by atoms with E-state index in [1.54, 1.807) is 23.5 Å². The normalized spacial score (nSPS) is 27.3. The molecular weight excluding hydrogens is 387 g/mol. The SMILES string of the molecule is FC(F)(F)CN1C2CCC1CC(C#Cc1ccccn1)(c1cncc(Cl)c1)C2. The van der Waals surface area contributed by atoms with Gasteiger partial charge in [0.15, 0.2) is 0 Å². The van der Waals surface area contributed by atoms with E-state index in [-0.39, 0.29) is 12.1 Å². The Bertz CT molecular complexity index is 890. The van der Waals surface area contributed by atoms with Crippen molar-refractivity contribution < 1.29 is 13.2 Å². The van der Waals surface area contributed by atoms with Gasteiger partial charge in [0.25, 0.3) is 0 Å². The molecule has 0 radical (unpaired) electrons. The molecule has 2 aliphatic rings. The molecule has 2 aromatic heterocycles. The maximum atomic E-state index is 13.0. The summed E-state index contributed by atoms with van der Waals surface area (Å²) in [5.41, 5.74) is 0.928. The molecule has 4 heterocycles.